The summed E-state index contributed by atoms with van der Waals surface area (Å²) in [5.41, 5.74) is 0. The molecule has 0 spiro atoms. The van der Waals surface area contributed by atoms with Gasteiger partial charge in [0.1, 0.15) is 0 Å². The molecule has 4 heteroatoms. The SMILES string of the molecule is CCCNC(CS(=O)(=O)CCC)C1CCCC1. The molecule has 0 saturated heterocycles. The van der Waals surface area contributed by atoms with Gasteiger partial charge < -0.3 is 5.32 Å². The van der Waals surface area contributed by atoms with E-state index in [9.17, 15) is 8.42 Å². The van der Waals surface area contributed by atoms with Crippen molar-refractivity contribution < 1.29 is 8.42 Å². The molecule has 3 nitrogen and oxygen atoms in total. The zero-order chi connectivity index (χ0) is 12.7. The quantitative estimate of drug-likeness (QED) is 0.729. The van der Waals surface area contributed by atoms with E-state index >= 15 is 0 Å². The van der Waals surface area contributed by atoms with Gasteiger partial charge in [0.15, 0.2) is 9.84 Å². The monoisotopic (exact) mass is 261 g/mol. The fourth-order valence-electron chi connectivity index (χ4n) is 2.72. The Morgan fingerprint density at radius 2 is 1.82 bits per heavy atom. The summed E-state index contributed by atoms with van der Waals surface area (Å²) < 4.78 is 23.8. The Kier molecular flexibility index (Phi) is 6.49. The highest BCUT2D eigenvalue weighted by atomic mass is 32.2. The van der Waals surface area contributed by atoms with Crippen LogP contribution < -0.4 is 5.32 Å². The van der Waals surface area contributed by atoms with E-state index in [1.807, 2.05) is 6.92 Å². The first-order valence-electron chi connectivity index (χ1n) is 7.03. The lowest BCUT2D eigenvalue weighted by Gasteiger charge is -2.24. The van der Waals surface area contributed by atoms with Crippen LogP contribution in [0.3, 0.4) is 0 Å². The molecule has 0 amide bonds. The zero-order valence-electron chi connectivity index (χ0n) is 11.2. The second-order valence-corrected chi connectivity index (χ2v) is 7.45. The first kappa shape index (κ1) is 15.0. The molecule has 1 atom stereocenters. The Morgan fingerprint density at radius 1 is 1.18 bits per heavy atom. The summed E-state index contributed by atoms with van der Waals surface area (Å²) in [5.74, 6) is 1.25. The smallest absolute Gasteiger partial charge is 0.151 e. The molecule has 0 aromatic rings. The van der Waals surface area contributed by atoms with Crippen molar-refractivity contribution in [2.24, 2.45) is 5.92 Å². The number of hydrogen-bond donors (Lipinski definition) is 1. The van der Waals surface area contributed by atoms with Crippen molar-refractivity contribution in [3.05, 3.63) is 0 Å². The molecular formula is C13H27NO2S. The maximum atomic E-state index is 11.9. The van der Waals surface area contributed by atoms with Gasteiger partial charge in [-0.3, -0.25) is 0 Å². The van der Waals surface area contributed by atoms with Gasteiger partial charge in [-0.2, -0.15) is 0 Å². The lowest BCUT2D eigenvalue weighted by atomic mass is 10.00. The van der Waals surface area contributed by atoms with E-state index in [1.54, 1.807) is 0 Å². The molecule has 1 unspecified atom stereocenters. The highest BCUT2D eigenvalue weighted by Gasteiger charge is 2.28. The van der Waals surface area contributed by atoms with Gasteiger partial charge in [-0.1, -0.05) is 26.7 Å². The van der Waals surface area contributed by atoms with Crippen LogP contribution in [0.2, 0.25) is 0 Å². The molecule has 1 saturated carbocycles. The molecule has 1 N–H and O–H groups in total. The normalized spacial score (nSPS) is 19.6. The Balaban J connectivity index is 2.56. The summed E-state index contributed by atoms with van der Waals surface area (Å²) in [4.78, 5) is 0. The number of hydrogen-bond acceptors (Lipinski definition) is 3. The van der Waals surface area contributed by atoms with Crippen molar-refractivity contribution >= 4 is 9.84 Å². The van der Waals surface area contributed by atoms with Gasteiger partial charge in [0.05, 0.1) is 5.75 Å². The van der Waals surface area contributed by atoms with Crippen molar-refractivity contribution in [1.29, 1.82) is 0 Å². The highest BCUT2D eigenvalue weighted by molar-refractivity contribution is 7.91. The Labute approximate surface area is 106 Å². The Hall–Kier alpha value is -0.0900. The van der Waals surface area contributed by atoms with Crippen LogP contribution in [0.25, 0.3) is 0 Å². The van der Waals surface area contributed by atoms with Crippen LogP contribution in [-0.2, 0) is 9.84 Å². The summed E-state index contributed by atoms with van der Waals surface area (Å²) in [6.07, 6.45) is 6.72. The van der Waals surface area contributed by atoms with Crippen molar-refractivity contribution in [1.82, 2.24) is 5.32 Å². The van der Waals surface area contributed by atoms with E-state index in [4.69, 9.17) is 0 Å². The van der Waals surface area contributed by atoms with Crippen LogP contribution in [0.15, 0.2) is 0 Å². The predicted octanol–water partition coefficient (Wildman–Crippen LogP) is 2.37. The molecule has 1 aliphatic carbocycles. The van der Waals surface area contributed by atoms with Crippen LogP contribution in [0, 0.1) is 5.92 Å². The second-order valence-electron chi connectivity index (χ2n) is 5.22. The lowest BCUT2D eigenvalue weighted by molar-refractivity contribution is 0.382. The molecule has 0 aromatic heterocycles. The average molecular weight is 261 g/mol. The predicted molar refractivity (Wildman–Crippen MR) is 73.0 cm³/mol. The topological polar surface area (TPSA) is 46.2 Å². The summed E-state index contributed by atoms with van der Waals surface area (Å²) >= 11 is 0. The van der Waals surface area contributed by atoms with E-state index in [2.05, 4.69) is 12.2 Å². The Morgan fingerprint density at radius 3 is 2.35 bits per heavy atom. The van der Waals surface area contributed by atoms with Crippen LogP contribution in [0.4, 0.5) is 0 Å². The van der Waals surface area contributed by atoms with E-state index in [-0.39, 0.29) is 6.04 Å². The molecule has 0 aromatic carbocycles. The number of nitrogens with one attached hydrogen (secondary N) is 1. The van der Waals surface area contributed by atoms with E-state index < -0.39 is 9.84 Å². The van der Waals surface area contributed by atoms with Gasteiger partial charge in [-0.05, 0) is 38.1 Å². The third kappa shape index (κ3) is 5.38. The van der Waals surface area contributed by atoms with Crippen LogP contribution >= 0.6 is 0 Å². The molecule has 0 heterocycles. The van der Waals surface area contributed by atoms with Gasteiger partial charge in [-0.15, -0.1) is 0 Å². The third-order valence-electron chi connectivity index (χ3n) is 3.57. The summed E-state index contributed by atoms with van der Waals surface area (Å²) in [7, 11) is -2.86. The molecule has 0 bridgehead atoms. The number of sulfone groups is 1. The molecule has 0 aliphatic heterocycles. The number of rotatable bonds is 8. The van der Waals surface area contributed by atoms with E-state index in [0.717, 1.165) is 19.4 Å². The molecule has 0 radical (unpaired) electrons. The Bertz CT molecular complexity index is 295. The molecule has 1 rings (SSSR count). The first-order valence-corrected chi connectivity index (χ1v) is 8.85. The molecule has 17 heavy (non-hydrogen) atoms. The molecule has 1 fully saturated rings. The minimum Gasteiger partial charge on any atom is -0.313 e. The van der Waals surface area contributed by atoms with Gasteiger partial charge >= 0.3 is 0 Å². The minimum atomic E-state index is -2.86. The van der Waals surface area contributed by atoms with Crippen LogP contribution in [0.5, 0.6) is 0 Å². The average Bonchev–Trinajstić information content (AvgIpc) is 2.77. The third-order valence-corrected chi connectivity index (χ3v) is 5.47. The van der Waals surface area contributed by atoms with Crippen molar-refractivity contribution in [3.8, 4) is 0 Å². The standard InChI is InChI=1S/C13H27NO2S/c1-3-9-14-13(12-7-5-6-8-12)11-17(15,16)10-4-2/h12-14H,3-11H2,1-2H3. The summed E-state index contributed by atoms with van der Waals surface area (Å²) in [6.45, 7) is 4.99. The first-order chi connectivity index (χ1) is 8.09. The maximum absolute atomic E-state index is 11.9. The summed E-state index contributed by atoms with van der Waals surface area (Å²) in [6, 6.07) is 0.189. The molecular weight excluding hydrogens is 234 g/mol. The van der Waals surface area contributed by atoms with Gasteiger partial charge in [-0.25, -0.2) is 8.42 Å². The van der Waals surface area contributed by atoms with E-state index in [1.165, 1.54) is 25.7 Å². The molecule has 102 valence electrons. The van der Waals surface area contributed by atoms with E-state index in [0.29, 0.717) is 17.4 Å². The van der Waals surface area contributed by atoms with Gasteiger partial charge in [0.2, 0.25) is 0 Å². The van der Waals surface area contributed by atoms with Gasteiger partial charge in [0, 0.05) is 11.8 Å². The fourth-order valence-corrected chi connectivity index (χ4v) is 4.44. The molecule has 1 aliphatic rings. The van der Waals surface area contributed by atoms with Crippen molar-refractivity contribution in [2.45, 2.75) is 58.4 Å². The van der Waals surface area contributed by atoms with Crippen LogP contribution in [0.1, 0.15) is 52.4 Å². The van der Waals surface area contributed by atoms with Crippen molar-refractivity contribution in [2.75, 3.05) is 18.1 Å². The zero-order valence-corrected chi connectivity index (χ0v) is 12.1. The lowest BCUT2D eigenvalue weighted by Crippen LogP contribution is -2.41. The second kappa shape index (κ2) is 7.37. The minimum absolute atomic E-state index is 0.189. The van der Waals surface area contributed by atoms with Crippen molar-refractivity contribution in [3.63, 3.8) is 0 Å². The largest absolute Gasteiger partial charge is 0.313 e. The summed E-state index contributed by atoms with van der Waals surface area (Å²) in [5, 5.41) is 3.45. The highest BCUT2D eigenvalue weighted by Crippen LogP contribution is 2.28. The van der Waals surface area contributed by atoms with Crippen LogP contribution in [-0.4, -0.2) is 32.5 Å². The maximum Gasteiger partial charge on any atom is 0.151 e. The van der Waals surface area contributed by atoms with Gasteiger partial charge in [0.25, 0.3) is 0 Å². The fraction of sp³-hybridized carbons (Fsp3) is 1.00.